The summed E-state index contributed by atoms with van der Waals surface area (Å²) < 4.78 is 0. The maximum atomic E-state index is 12.8. The Hall–Kier alpha value is -2.37. The lowest BCUT2D eigenvalue weighted by Gasteiger charge is -2.22. The molecule has 0 aromatic heterocycles. The molecule has 2 rings (SSSR count). The molecule has 130 valence electrons. The fraction of sp³-hybridized carbons (Fsp3) is 0.500. The maximum absolute atomic E-state index is 12.8. The van der Waals surface area contributed by atoms with E-state index in [2.05, 4.69) is 5.32 Å². The van der Waals surface area contributed by atoms with Crippen molar-refractivity contribution in [1.29, 1.82) is 0 Å². The zero-order valence-electron chi connectivity index (χ0n) is 13.8. The first-order valence-electron chi connectivity index (χ1n) is 8.48. The van der Waals surface area contributed by atoms with E-state index in [-0.39, 0.29) is 31.1 Å². The molecule has 0 unspecified atom stereocenters. The lowest BCUT2D eigenvalue weighted by atomic mass is 10.1. The predicted octanol–water partition coefficient (Wildman–Crippen LogP) is 2.90. The van der Waals surface area contributed by atoms with E-state index in [1.165, 1.54) is 0 Å². The third-order valence-corrected chi connectivity index (χ3v) is 4.12. The number of hydrogen-bond acceptors (Lipinski definition) is 3. The van der Waals surface area contributed by atoms with Crippen molar-refractivity contribution in [3.05, 3.63) is 29.8 Å². The van der Waals surface area contributed by atoms with Gasteiger partial charge in [0.15, 0.2) is 0 Å². The van der Waals surface area contributed by atoms with Crippen LogP contribution in [0.15, 0.2) is 24.3 Å². The van der Waals surface area contributed by atoms with Gasteiger partial charge in [0.25, 0.3) is 5.91 Å². The number of likely N-dealkylation sites (tertiary alicyclic amines) is 1. The van der Waals surface area contributed by atoms with E-state index in [4.69, 9.17) is 5.11 Å². The van der Waals surface area contributed by atoms with Crippen LogP contribution in [0.4, 0.5) is 5.69 Å². The normalized spacial score (nSPS) is 14.8. The van der Waals surface area contributed by atoms with Crippen molar-refractivity contribution in [3.63, 3.8) is 0 Å². The Morgan fingerprint density at radius 3 is 2.33 bits per heavy atom. The summed E-state index contributed by atoms with van der Waals surface area (Å²) in [5.41, 5.74) is 0.984. The topological polar surface area (TPSA) is 86.7 Å². The number of hydrogen-bond donors (Lipinski definition) is 2. The van der Waals surface area contributed by atoms with Crippen LogP contribution in [0.25, 0.3) is 0 Å². The van der Waals surface area contributed by atoms with Gasteiger partial charge in [0.05, 0.1) is 11.3 Å². The number of amides is 2. The first-order chi connectivity index (χ1) is 11.6. The lowest BCUT2D eigenvalue weighted by Crippen LogP contribution is -2.32. The molecule has 6 heteroatoms. The fourth-order valence-corrected chi connectivity index (χ4v) is 2.84. The van der Waals surface area contributed by atoms with Crippen LogP contribution < -0.4 is 5.32 Å². The molecule has 0 saturated carbocycles. The summed E-state index contributed by atoms with van der Waals surface area (Å²) in [7, 11) is 0. The van der Waals surface area contributed by atoms with Crippen molar-refractivity contribution >= 4 is 23.5 Å². The van der Waals surface area contributed by atoms with Gasteiger partial charge in [0.1, 0.15) is 0 Å². The van der Waals surface area contributed by atoms with Crippen molar-refractivity contribution in [2.45, 2.75) is 44.9 Å². The van der Waals surface area contributed by atoms with Crippen LogP contribution in [-0.4, -0.2) is 40.9 Å². The average molecular weight is 332 g/mol. The number of rotatable bonds is 6. The van der Waals surface area contributed by atoms with E-state index in [0.717, 1.165) is 38.8 Å². The molecule has 1 aromatic carbocycles. The highest BCUT2D eigenvalue weighted by Gasteiger charge is 2.20. The number of carbonyl (C=O) groups is 3. The average Bonchev–Trinajstić information content (AvgIpc) is 2.83. The van der Waals surface area contributed by atoms with Crippen LogP contribution in [-0.2, 0) is 9.59 Å². The largest absolute Gasteiger partial charge is 0.481 e. The van der Waals surface area contributed by atoms with Crippen molar-refractivity contribution in [2.24, 2.45) is 0 Å². The third kappa shape index (κ3) is 5.37. The Labute approximate surface area is 141 Å². The molecule has 0 radical (unpaired) electrons. The van der Waals surface area contributed by atoms with E-state index in [1.807, 2.05) is 4.90 Å². The van der Waals surface area contributed by atoms with Crippen molar-refractivity contribution in [3.8, 4) is 0 Å². The second-order valence-corrected chi connectivity index (χ2v) is 6.05. The molecule has 0 aliphatic carbocycles. The second-order valence-electron chi connectivity index (χ2n) is 6.05. The van der Waals surface area contributed by atoms with E-state index in [0.29, 0.717) is 11.3 Å². The van der Waals surface area contributed by atoms with Crippen LogP contribution in [0.3, 0.4) is 0 Å². The number of carbonyl (C=O) groups excluding carboxylic acids is 2. The summed E-state index contributed by atoms with van der Waals surface area (Å²) in [6, 6.07) is 6.98. The summed E-state index contributed by atoms with van der Waals surface area (Å²) >= 11 is 0. The standard InChI is InChI=1S/C18H24N2O4/c21-16(10-7-11-17(22)23)19-15-9-4-3-8-14(15)18(24)20-12-5-1-2-6-13-20/h3-4,8-9H,1-2,5-7,10-13H2,(H,19,21)(H,22,23). The molecule has 2 N–H and O–H groups in total. The summed E-state index contributed by atoms with van der Waals surface area (Å²) in [6.45, 7) is 1.50. The van der Waals surface area contributed by atoms with Gasteiger partial charge < -0.3 is 15.3 Å². The summed E-state index contributed by atoms with van der Waals surface area (Å²) in [6.07, 6.45) is 4.67. The molecule has 0 spiro atoms. The molecule has 0 atom stereocenters. The minimum absolute atomic E-state index is 0.0399. The molecule has 1 aromatic rings. The molecule has 6 nitrogen and oxygen atoms in total. The molecule has 1 heterocycles. The lowest BCUT2D eigenvalue weighted by molar-refractivity contribution is -0.137. The number of nitrogens with zero attached hydrogens (tertiary/aromatic N) is 1. The SMILES string of the molecule is O=C(O)CCCC(=O)Nc1ccccc1C(=O)N1CCCCCC1. The van der Waals surface area contributed by atoms with Gasteiger partial charge in [-0.15, -0.1) is 0 Å². The Bertz CT molecular complexity index is 592. The van der Waals surface area contributed by atoms with Crippen LogP contribution in [0, 0.1) is 0 Å². The Kier molecular flexibility index (Phi) is 6.78. The smallest absolute Gasteiger partial charge is 0.303 e. The molecule has 1 aliphatic heterocycles. The van der Waals surface area contributed by atoms with Crippen molar-refractivity contribution in [2.75, 3.05) is 18.4 Å². The molecular formula is C18H24N2O4. The van der Waals surface area contributed by atoms with Crippen LogP contribution >= 0.6 is 0 Å². The Morgan fingerprint density at radius 1 is 1.00 bits per heavy atom. The Morgan fingerprint density at radius 2 is 1.67 bits per heavy atom. The number of aliphatic carboxylic acids is 1. The molecule has 1 saturated heterocycles. The Balaban J connectivity index is 2.02. The highest BCUT2D eigenvalue weighted by Crippen LogP contribution is 2.20. The van der Waals surface area contributed by atoms with E-state index in [9.17, 15) is 14.4 Å². The van der Waals surface area contributed by atoms with Gasteiger partial charge in [-0.25, -0.2) is 0 Å². The summed E-state index contributed by atoms with van der Waals surface area (Å²) in [5.74, 6) is -1.25. The quantitative estimate of drug-likeness (QED) is 0.838. The van der Waals surface area contributed by atoms with Crippen molar-refractivity contribution < 1.29 is 19.5 Å². The molecular weight excluding hydrogens is 308 g/mol. The van der Waals surface area contributed by atoms with Crippen LogP contribution in [0.1, 0.15) is 55.3 Å². The van der Waals surface area contributed by atoms with E-state index < -0.39 is 5.97 Å². The van der Waals surface area contributed by atoms with E-state index >= 15 is 0 Å². The van der Waals surface area contributed by atoms with Crippen LogP contribution in [0.5, 0.6) is 0 Å². The first-order valence-corrected chi connectivity index (χ1v) is 8.48. The minimum atomic E-state index is -0.917. The van der Waals surface area contributed by atoms with Gasteiger partial charge in [0, 0.05) is 25.9 Å². The molecule has 2 amide bonds. The van der Waals surface area contributed by atoms with E-state index in [1.54, 1.807) is 24.3 Å². The number of anilines is 1. The van der Waals surface area contributed by atoms with Crippen LogP contribution in [0.2, 0.25) is 0 Å². The third-order valence-electron chi connectivity index (χ3n) is 4.12. The first kappa shape index (κ1) is 18.0. The van der Waals surface area contributed by atoms with Gasteiger partial charge in [-0.3, -0.25) is 14.4 Å². The zero-order valence-corrected chi connectivity index (χ0v) is 13.8. The highest BCUT2D eigenvalue weighted by molar-refractivity contribution is 6.03. The van der Waals surface area contributed by atoms with Gasteiger partial charge in [0.2, 0.25) is 5.91 Å². The summed E-state index contributed by atoms with van der Waals surface area (Å²) in [5, 5.41) is 11.4. The molecule has 1 aliphatic rings. The number of benzene rings is 1. The maximum Gasteiger partial charge on any atom is 0.303 e. The number of nitrogens with one attached hydrogen (secondary N) is 1. The summed E-state index contributed by atoms with van der Waals surface area (Å²) in [4.78, 5) is 37.1. The molecule has 1 fully saturated rings. The van der Waals surface area contributed by atoms with Gasteiger partial charge in [-0.1, -0.05) is 25.0 Å². The molecule has 0 bridgehead atoms. The minimum Gasteiger partial charge on any atom is -0.481 e. The zero-order chi connectivity index (χ0) is 17.4. The predicted molar refractivity (Wildman–Crippen MR) is 90.9 cm³/mol. The second kappa shape index (κ2) is 9.05. The number of carboxylic acids is 1. The number of carboxylic acid groups (broad SMARTS) is 1. The van der Waals surface area contributed by atoms with Gasteiger partial charge in [-0.2, -0.15) is 0 Å². The highest BCUT2D eigenvalue weighted by atomic mass is 16.4. The van der Waals surface area contributed by atoms with Crippen molar-refractivity contribution in [1.82, 2.24) is 4.90 Å². The monoisotopic (exact) mass is 332 g/mol. The molecule has 24 heavy (non-hydrogen) atoms. The number of para-hydroxylation sites is 1. The fourth-order valence-electron chi connectivity index (χ4n) is 2.84. The van der Waals surface area contributed by atoms with Gasteiger partial charge in [-0.05, 0) is 31.4 Å². The van der Waals surface area contributed by atoms with Gasteiger partial charge >= 0.3 is 5.97 Å².